The largest absolute Gasteiger partial charge is 0.363 e. The van der Waals surface area contributed by atoms with E-state index in [2.05, 4.69) is 34.1 Å². The molecule has 1 fully saturated rings. The van der Waals surface area contributed by atoms with E-state index in [1.165, 1.54) is 18.4 Å². The molecule has 0 aromatic carbocycles. The van der Waals surface area contributed by atoms with E-state index in [1.807, 2.05) is 27.9 Å². The molecule has 1 heterocycles. The van der Waals surface area contributed by atoms with Crippen molar-refractivity contribution in [2.45, 2.75) is 78.6 Å². The van der Waals surface area contributed by atoms with Gasteiger partial charge in [0.2, 0.25) is 5.91 Å². The third-order valence-corrected chi connectivity index (χ3v) is 4.86. The van der Waals surface area contributed by atoms with E-state index in [0.717, 1.165) is 30.9 Å². The number of hydrogen-bond donors (Lipinski definition) is 2. The molecule has 2 N–H and O–H groups in total. The molecule has 0 saturated heterocycles. The number of aryl methyl sites for hydroxylation is 1. The van der Waals surface area contributed by atoms with E-state index >= 15 is 0 Å². The molecule has 0 bridgehead atoms. The second-order valence-electron chi connectivity index (χ2n) is 7.95. The van der Waals surface area contributed by atoms with Gasteiger partial charge in [0, 0.05) is 38.8 Å². The van der Waals surface area contributed by atoms with Crippen molar-refractivity contribution in [1.82, 2.24) is 20.4 Å². The fraction of sp³-hybridized carbons (Fsp3) is 0.789. The first-order chi connectivity index (χ1) is 11.8. The molecule has 6 heteroatoms. The average molecular weight is 350 g/mol. The lowest BCUT2D eigenvalue weighted by atomic mass is 10.2. The summed E-state index contributed by atoms with van der Waals surface area (Å²) >= 11 is 0. The summed E-state index contributed by atoms with van der Waals surface area (Å²) < 4.78 is 2.08. The highest BCUT2D eigenvalue weighted by Gasteiger charge is 2.22. The van der Waals surface area contributed by atoms with E-state index in [9.17, 15) is 4.79 Å². The van der Waals surface area contributed by atoms with Crippen LogP contribution in [0.4, 0.5) is 5.82 Å². The number of rotatable bonds is 8. The Bertz CT molecular complexity index is 573. The maximum absolute atomic E-state index is 12.4. The number of nitrogens with zero attached hydrogens (tertiary/aromatic N) is 3. The molecule has 6 nitrogen and oxygen atoms in total. The van der Waals surface area contributed by atoms with Gasteiger partial charge < -0.3 is 15.5 Å². The Morgan fingerprint density at radius 3 is 2.48 bits per heavy atom. The predicted molar refractivity (Wildman–Crippen MR) is 103 cm³/mol. The monoisotopic (exact) mass is 349 g/mol. The molecule has 0 spiro atoms. The summed E-state index contributed by atoms with van der Waals surface area (Å²) in [6, 6.07) is 0.160. The van der Waals surface area contributed by atoms with Gasteiger partial charge in [-0.15, -0.1) is 0 Å². The van der Waals surface area contributed by atoms with E-state index in [-0.39, 0.29) is 11.9 Å². The third-order valence-electron chi connectivity index (χ3n) is 4.86. The van der Waals surface area contributed by atoms with Crippen molar-refractivity contribution in [3.8, 4) is 0 Å². The van der Waals surface area contributed by atoms with Crippen molar-refractivity contribution >= 4 is 11.7 Å². The lowest BCUT2D eigenvalue weighted by Gasteiger charge is -2.20. The van der Waals surface area contributed by atoms with E-state index < -0.39 is 0 Å². The van der Waals surface area contributed by atoms with Gasteiger partial charge >= 0.3 is 0 Å². The van der Waals surface area contributed by atoms with Crippen LogP contribution in [0.5, 0.6) is 0 Å². The predicted octanol–water partition coefficient (Wildman–Crippen LogP) is 2.45. The Hall–Kier alpha value is -1.56. The van der Waals surface area contributed by atoms with Crippen LogP contribution in [0.3, 0.4) is 0 Å². The normalized spacial score (nSPS) is 16.4. The second kappa shape index (κ2) is 8.70. The number of nitrogens with one attached hydrogen (secondary N) is 2. The van der Waals surface area contributed by atoms with Gasteiger partial charge in [-0.05, 0) is 32.6 Å². The molecule has 1 aromatic rings. The highest BCUT2D eigenvalue weighted by molar-refractivity contribution is 5.81. The zero-order valence-electron chi connectivity index (χ0n) is 16.7. The average Bonchev–Trinajstić information content (AvgIpc) is 3.11. The van der Waals surface area contributed by atoms with Gasteiger partial charge in [-0.25, -0.2) is 4.68 Å². The van der Waals surface area contributed by atoms with Crippen LogP contribution in [0.15, 0.2) is 0 Å². The zero-order chi connectivity index (χ0) is 18.6. The summed E-state index contributed by atoms with van der Waals surface area (Å²) in [6.07, 6.45) is 4.69. The number of aromatic nitrogens is 2. The van der Waals surface area contributed by atoms with Crippen molar-refractivity contribution in [2.24, 2.45) is 5.92 Å². The van der Waals surface area contributed by atoms with Crippen molar-refractivity contribution < 1.29 is 4.79 Å². The minimum atomic E-state index is -0.205. The molecule has 0 radical (unpaired) electrons. The summed E-state index contributed by atoms with van der Waals surface area (Å²) in [7, 11) is 4.10. The highest BCUT2D eigenvalue weighted by Crippen LogP contribution is 2.23. The van der Waals surface area contributed by atoms with Crippen molar-refractivity contribution in [3.63, 3.8) is 0 Å². The Labute approximate surface area is 152 Å². The molecule has 1 aliphatic rings. The van der Waals surface area contributed by atoms with Gasteiger partial charge in [-0.1, -0.05) is 26.7 Å². The van der Waals surface area contributed by atoms with Gasteiger partial charge in [0.25, 0.3) is 0 Å². The van der Waals surface area contributed by atoms with Crippen molar-refractivity contribution in [1.29, 1.82) is 0 Å². The molecule has 25 heavy (non-hydrogen) atoms. The van der Waals surface area contributed by atoms with Gasteiger partial charge in [-0.2, -0.15) is 5.10 Å². The standard InChI is InChI=1S/C19H35N5O/c1-13(2)12-24-19(23(5)6)17(14(3)22-24)11-20-15(4)18(25)21-16-9-7-8-10-16/h13,15-16,20H,7-12H2,1-6H3,(H,21,25)/t15-/m1/s1. The van der Waals surface area contributed by atoms with Crippen LogP contribution < -0.4 is 15.5 Å². The molecular formula is C19H35N5O. The highest BCUT2D eigenvalue weighted by atomic mass is 16.2. The topological polar surface area (TPSA) is 62.2 Å². The van der Waals surface area contributed by atoms with Gasteiger partial charge in [-0.3, -0.25) is 4.79 Å². The number of amides is 1. The summed E-state index contributed by atoms with van der Waals surface area (Å²) in [6.45, 7) is 9.92. The van der Waals surface area contributed by atoms with Gasteiger partial charge in [0.15, 0.2) is 0 Å². The number of hydrogen-bond acceptors (Lipinski definition) is 4. The summed E-state index contributed by atoms with van der Waals surface area (Å²) in [5.74, 6) is 1.77. The number of anilines is 1. The van der Waals surface area contributed by atoms with Gasteiger partial charge in [0.05, 0.1) is 11.7 Å². The molecule has 1 saturated carbocycles. The van der Waals surface area contributed by atoms with Crippen LogP contribution in [-0.4, -0.2) is 41.9 Å². The molecule has 1 aliphatic carbocycles. The first-order valence-electron chi connectivity index (χ1n) is 9.57. The van der Waals surface area contributed by atoms with Crippen LogP contribution in [0, 0.1) is 12.8 Å². The SMILES string of the molecule is Cc1nn(CC(C)C)c(N(C)C)c1CN[C@H](C)C(=O)NC1CCCC1. The molecule has 1 amide bonds. The quantitative estimate of drug-likeness (QED) is 0.757. The maximum atomic E-state index is 12.4. The molecule has 1 atom stereocenters. The van der Waals surface area contributed by atoms with Crippen LogP contribution in [0.1, 0.15) is 57.7 Å². The van der Waals surface area contributed by atoms with Gasteiger partial charge in [0.1, 0.15) is 5.82 Å². The van der Waals surface area contributed by atoms with Crippen molar-refractivity contribution in [2.75, 3.05) is 19.0 Å². The smallest absolute Gasteiger partial charge is 0.237 e. The Balaban J connectivity index is 2.01. The lowest BCUT2D eigenvalue weighted by Crippen LogP contribution is -2.45. The van der Waals surface area contributed by atoms with Crippen molar-refractivity contribution in [3.05, 3.63) is 11.3 Å². The Morgan fingerprint density at radius 2 is 1.92 bits per heavy atom. The Kier molecular flexibility index (Phi) is 6.87. The maximum Gasteiger partial charge on any atom is 0.237 e. The summed E-state index contributed by atoms with van der Waals surface area (Å²) in [4.78, 5) is 14.5. The van der Waals surface area contributed by atoms with E-state index in [0.29, 0.717) is 18.5 Å². The minimum Gasteiger partial charge on any atom is -0.363 e. The molecule has 1 aromatic heterocycles. The van der Waals surface area contributed by atoms with Crippen LogP contribution >= 0.6 is 0 Å². The fourth-order valence-corrected chi connectivity index (χ4v) is 3.53. The summed E-state index contributed by atoms with van der Waals surface area (Å²) in [5.41, 5.74) is 2.20. The third kappa shape index (κ3) is 5.21. The Morgan fingerprint density at radius 1 is 1.28 bits per heavy atom. The van der Waals surface area contributed by atoms with Crippen LogP contribution in [0.25, 0.3) is 0 Å². The number of carbonyl (C=O) groups is 1. The first-order valence-corrected chi connectivity index (χ1v) is 9.57. The first kappa shape index (κ1) is 19.8. The van der Waals surface area contributed by atoms with E-state index in [1.54, 1.807) is 0 Å². The minimum absolute atomic E-state index is 0.102. The number of carbonyl (C=O) groups excluding carboxylic acids is 1. The lowest BCUT2D eigenvalue weighted by molar-refractivity contribution is -0.123. The van der Waals surface area contributed by atoms with Crippen LogP contribution in [0.2, 0.25) is 0 Å². The zero-order valence-corrected chi connectivity index (χ0v) is 16.7. The molecule has 142 valence electrons. The fourth-order valence-electron chi connectivity index (χ4n) is 3.53. The molecular weight excluding hydrogens is 314 g/mol. The second-order valence-corrected chi connectivity index (χ2v) is 7.95. The molecule has 0 unspecified atom stereocenters. The van der Waals surface area contributed by atoms with Crippen LogP contribution in [-0.2, 0) is 17.9 Å². The molecule has 2 rings (SSSR count). The molecule has 0 aliphatic heterocycles. The van der Waals surface area contributed by atoms with E-state index in [4.69, 9.17) is 5.10 Å². The summed E-state index contributed by atoms with van der Waals surface area (Å²) in [5, 5.41) is 11.3.